The summed E-state index contributed by atoms with van der Waals surface area (Å²) in [4.78, 5) is 2.56. The second kappa shape index (κ2) is 8.07. The van der Waals surface area contributed by atoms with Gasteiger partial charge in [0.05, 0.1) is 25.9 Å². The van der Waals surface area contributed by atoms with Crippen molar-refractivity contribution in [3.8, 4) is 0 Å². The van der Waals surface area contributed by atoms with Gasteiger partial charge in [0.25, 0.3) is 0 Å². The molecule has 0 aromatic heterocycles. The highest BCUT2D eigenvalue weighted by Gasteiger charge is 2.52. The standard InChI is InChI=1S/C12H21N3O10/c13-15-14-4-2-23-12(22,3-17)10(21)9(4)25-11-8(20)7(19)6(18)5(1-16)24-11/h4-11,16-22H,1-3H2/t4-,5-,6-,7+,8-,9-,10+,11-,12?/m1/s1. The SMILES string of the molecule is [N-]=[N+]=N[C@@H]1COC(O)(CO)[C@@H](O)[C@@H]1O[C@H]1O[C@H](CO)[C@@H](O)[C@H](O)[C@H]1O. The van der Waals surface area contributed by atoms with Crippen molar-refractivity contribution >= 4 is 0 Å². The van der Waals surface area contributed by atoms with E-state index in [1.54, 1.807) is 0 Å². The molecule has 2 saturated heterocycles. The van der Waals surface area contributed by atoms with Crippen LogP contribution in [0, 0.1) is 0 Å². The Hall–Kier alpha value is -1.09. The first kappa shape index (κ1) is 20.2. The molecule has 0 amide bonds. The van der Waals surface area contributed by atoms with Crippen molar-refractivity contribution in [1.29, 1.82) is 0 Å². The van der Waals surface area contributed by atoms with Crippen LogP contribution in [0.3, 0.4) is 0 Å². The van der Waals surface area contributed by atoms with Crippen LogP contribution in [0.15, 0.2) is 5.11 Å². The van der Waals surface area contributed by atoms with Crippen LogP contribution in [0.5, 0.6) is 0 Å². The van der Waals surface area contributed by atoms with Crippen LogP contribution >= 0.6 is 0 Å². The van der Waals surface area contributed by atoms with Gasteiger partial charge >= 0.3 is 0 Å². The zero-order chi connectivity index (χ0) is 18.8. The van der Waals surface area contributed by atoms with Crippen molar-refractivity contribution in [2.24, 2.45) is 5.11 Å². The Labute approximate surface area is 141 Å². The van der Waals surface area contributed by atoms with Crippen molar-refractivity contribution in [3.05, 3.63) is 10.4 Å². The van der Waals surface area contributed by atoms with Crippen molar-refractivity contribution in [2.45, 2.75) is 54.7 Å². The fraction of sp³-hybridized carbons (Fsp3) is 1.00. The van der Waals surface area contributed by atoms with Crippen molar-refractivity contribution in [3.63, 3.8) is 0 Å². The number of hydrogen-bond acceptors (Lipinski definition) is 11. The summed E-state index contributed by atoms with van der Waals surface area (Å²) >= 11 is 0. The lowest BCUT2D eigenvalue weighted by atomic mass is 9.95. The highest BCUT2D eigenvalue weighted by Crippen LogP contribution is 2.31. The molecule has 2 fully saturated rings. The molecule has 144 valence electrons. The monoisotopic (exact) mass is 367 g/mol. The van der Waals surface area contributed by atoms with Gasteiger partial charge in [-0.05, 0) is 5.53 Å². The van der Waals surface area contributed by atoms with Crippen molar-refractivity contribution in [1.82, 2.24) is 0 Å². The van der Waals surface area contributed by atoms with Crippen LogP contribution in [-0.4, -0.2) is 110 Å². The second-order valence-corrected chi connectivity index (χ2v) is 5.83. The van der Waals surface area contributed by atoms with Crippen LogP contribution < -0.4 is 0 Å². The minimum Gasteiger partial charge on any atom is -0.394 e. The highest BCUT2D eigenvalue weighted by molar-refractivity contribution is 4.97. The average Bonchev–Trinajstić information content (AvgIpc) is 2.61. The van der Waals surface area contributed by atoms with E-state index in [2.05, 4.69) is 10.0 Å². The van der Waals surface area contributed by atoms with E-state index in [9.17, 15) is 30.6 Å². The number of aliphatic hydroxyl groups is 7. The number of nitrogens with zero attached hydrogens (tertiary/aromatic N) is 3. The molecule has 9 atom stereocenters. The number of hydrogen-bond donors (Lipinski definition) is 7. The van der Waals surface area contributed by atoms with Crippen LogP contribution in [-0.2, 0) is 14.2 Å². The second-order valence-electron chi connectivity index (χ2n) is 5.83. The molecule has 13 heteroatoms. The molecule has 0 saturated carbocycles. The van der Waals surface area contributed by atoms with Crippen molar-refractivity contribution < 1.29 is 50.0 Å². The number of ether oxygens (including phenoxy) is 3. The molecular formula is C12H21N3O10. The Morgan fingerprint density at radius 2 is 1.84 bits per heavy atom. The zero-order valence-corrected chi connectivity index (χ0v) is 12.9. The molecular weight excluding hydrogens is 346 g/mol. The molecule has 0 aromatic rings. The predicted molar refractivity (Wildman–Crippen MR) is 75.6 cm³/mol. The fourth-order valence-corrected chi connectivity index (χ4v) is 2.68. The average molecular weight is 367 g/mol. The van der Waals surface area contributed by atoms with Gasteiger partial charge in [-0.25, -0.2) is 0 Å². The molecule has 2 aliphatic heterocycles. The third-order valence-corrected chi connectivity index (χ3v) is 4.22. The quantitative estimate of drug-likeness (QED) is 0.141. The first-order valence-electron chi connectivity index (χ1n) is 7.44. The molecule has 2 heterocycles. The topological polar surface area (TPSA) is 218 Å². The summed E-state index contributed by atoms with van der Waals surface area (Å²) in [6, 6.07) is -1.15. The first-order chi connectivity index (χ1) is 11.8. The Bertz CT molecular complexity index is 504. The molecule has 0 aliphatic carbocycles. The first-order valence-corrected chi connectivity index (χ1v) is 7.44. The maximum atomic E-state index is 10.2. The maximum absolute atomic E-state index is 10.2. The minimum absolute atomic E-state index is 0.416. The molecule has 2 aliphatic rings. The third kappa shape index (κ3) is 3.86. The van der Waals surface area contributed by atoms with Crippen LogP contribution in [0.2, 0.25) is 0 Å². The van der Waals surface area contributed by atoms with E-state index in [1.807, 2.05) is 0 Å². The normalized spacial score (nSPS) is 48.0. The van der Waals surface area contributed by atoms with E-state index in [-0.39, 0.29) is 0 Å². The summed E-state index contributed by atoms with van der Waals surface area (Å²) in [5.41, 5.74) is 8.59. The third-order valence-electron chi connectivity index (χ3n) is 4.22. The van der Waals surface area contributed by atoms with Gasteiger partial charge in [0.1, 0.15) is 36.6 Å². The molecule has 1 unspecified atom stereocenters. The summed E-state index contributed by atoms with van der Waals surface area (Å²) in [7, 11) is 0. The lowest BCUT2D eigenvalue weighted by molar-refractivity contribution is -0.360. The maximum Gasteiger partial charge on any atom is 0.218 e. The molecule has 0 radical (unpaired) electrons. The molecule has 25 heavy (non-hydrogen) atoms. The van der Waals surface area contributed by atoms with Crippen LogP contribution in [0.1, 0.15) is 0 Å². The molecule has 13 nitrogen and oxygen atoms in total. The van der Waals surface area contributed by atoms with Gasteiger partial charge in [-0.2, -0.15) is 0 Å². The molecule has 0 spiro atoms. The van der Waals surface area contributed by atoms with E-state index in [0.717, 1.165) is 0 Å². The smallest absolute Gasteiger partial charge is 0.218 e. The summed E-state index contributed by atoms with van der Waals surface area (Å²) in [5.74, 6) is -2.40. The molecule has 0 bridgehead atoms. The van der Waals surface area contributed by atoms with Crippen molar-refractivity contribution in [2.75, 3.05) is 19.8 Å². The Morgan fingerprint density at radius 1 is 1.16 bits per heavy atom. The van der Waals surface area contributed by atoms with Gasteiger partial charge in [-0.15, -0.1) is 0 Å². The van der Waals surface area contributed by atoms with Gasteiger partial charge in [0, 0.05) is 4.91 Å². The summed E-state index contributed by atoms with van der Waals surface area (Å²) < 4.78 is 15.4. The largest absolute Gasteiger partial charge is 0.394 e. The van der Waals surface area contributed by atoms with Gasteiger partial charge < -0.3 is 50.0 Å². The van der Waals surface area contributed by atoms with Crippen LogP contribution in [0.25, 0.3) is 10.4 Å². The van der Waals surface area contributed by atoms with E-state index in [0.29, 0.717) is 0 Å². The van der Waals surface area contributed by atoms with Gasteiger partial charge in [0.15, 0.2) is 6.29 Å². The zero-order valence-electron chi connectivity index (χ0n) is 12.9. The number of aliphatic hydroxyl groups excluding tert-OH is 6. The Morgan fingerprint density at radius 3 is 2.40 bits per heavy atom. The predicted octanol–water partition coefficient (Wildman–Crippen LogP) is -4.08. The van der Waals surface area contributed by atoms with E-state index in [1.165, 1.54) is 0 Å². The molecule has 7 N–H and O–H groups in total. The highest BCUT2D eigenvalue weighted by atomic mass is 16.7. The minimum atomic E-state index is -2.40. The molecule has 2 rings (SSSR count). The van der Waals surface area contributed by atoms with Gasteiger partial charge in [-0.3, -0.25) is 0 Å². The summed E-state index contributed by atoms with van der Waals surface area (Å²) in [6.45, 7) is -2.10. The van der Waals surface area contributed by atoms with Gasteiger partial charge in [-0.1, -0.05) is 5.11 Å². The van der Waals surface area contributed by atoms with Crippen LogP contribution in [0.4, 0.5) is 0 Å². The van der Waals surface area contributed by atoms with Gasteiger partial charge in [0.2, 0.25) is 5.79 Å². The van der Waals surface area contributed by atoms with E-state index in [4.69, 9.17) is 24.8 Å². The Kier molecular flexibility index (Phi) is 6.53. The molecule has 0 aromatic carbocycles. The summed E-state index contributed by atoms with van der Waals surface area (Å²) in [5, 5.41) is 71.4. The fourth-order valence-electron chi connectivity index (χ4n) is 2.68. The van der Waals surface area contributed by atoms with E-state index >= 15 is 0 Å². The van der Waals surface area contributed by atoms with E-state index < -0.39 is 74.6 Å². The lowest BCUT2D eigenvalue weighted by Gasteiger charge is -2.46. The Balaban J connectivity index is 2.22. The lowest BCUT2D eigenvalue weighted by Crippen LogP contribution is -2.66. The summed E-state index contributed by atoms with van der Waals surface area (Å²) in [6.07, 6.45) is -11.4. The number of azide groups is 1. The number of rotatable bonds is 5.